The Bertz CT molecular complexity index is 454. The van der Waals surface area contributed by atoms with Gasteiger partial charge in [-0.15, -0.1) is 0 Å². The SMILES string of the molecule is CC(C)NC(=O)CN(C)C(=O)c1cc(Br)cn1C. The summed E-state index contributed by atoms with van der Waals surface area (Å²) in [6.45, 7) is 3.82. The largest absolute Gasteiger partial charge is 0.352 e. The third kappa shape index (κ3) is 3.87. The van der Waals surface area contributed by atoms with E-state index in [0.717, 1.165) is 4.47 Å². The minimum absolute atomic E-state index is 0.0554. The lowest BCUT2D eigenvalue weighted by Crippen LogP contribution is -2.41. The number of aryl methyl sites for hydroxylation is 1. The van der Waals surface area contributed by atoms with Gasteiger partial charge in [0.2, 0.25) is 5.91 Å². The average Bonchev–Trinajstić information content (AvgIpc) is 2.55. The molecule has 6 heteroatoms. The van der Waals surface area contributed by atoms with Crippen LogP contribution in [0.25, 0.3) is 0 Å². The van der Waals surface area contributed by atoms with Crippen molar-refractivity contribution in [3.63, 3.8) is 0 Å². The van der Waals surface area contributed by atoms with Gasteiger partial charge >= 0.3 is 0 Å². The second-order valence-corrected chi connectivity index (χ2v) is 5.45. The van der Waals surface area contributed by atoms with Gasteiger partial charge in [0.05, 0.1) is 6.54 Å². The first-order chi connectivity index (χ1) is 8.31. The quantitative estimate of drug-likeness (QED) is 0.912. The minimum Gasteiger partial charge on any atom is -0.352 e. The molecule has 0 saturated carbocycles. The highest BCUT2D eigenvalue weighted by Crippen LogP contribution is 2.14. The molecule has 1 aromatic heterocycles. The van der Waals surface area contributed by atoms with Crippen molar-refractivity contribution >= 4 is 27.7 Å². The Morgan fingerprint density at radius 1 is 1.50 bits per heavy atom. The Hall–Kier alpha value is -1.30. The van der Waals surface area contributed by atoms with Crippen molar-refractivity contribution in [3.05, 3.63) is 22.4 Å². The van der Waals surface area contributed by atoms with Crippen LogP contribution in [0.1, 0.15) is 24.3 Å². The second-order valence-electron chi connectivity index (χ2n) is 4.54. The molecule has 0 aliphatic carbocycles. The van der Waals surface area contributed by atoms with Crippen LogP contribution in [-0.2, 0) is 11.8 Å². The summed E-state index contributed by atoms with van der Waals surface area (Å²) in [4.78, 5) is 25.1. The number of hydrogen-bond donors (Lipinski definition) is 1. The molecule has 1 rings (SSSR count). The van der Waals surface area contributed by atoms with Crippen LogP contribution in [0.4, 0.5) is 0 Å². The van der Waals surface area contributed by atoms with Gasteiger partial charge in [-0.05, 0) is 35.8 Å². The summed E-state index contributed by atoms with van der Waals surface area (Å²) in [5, 5.41) is 2.75. The molecule has 18 heavy (non-hydrogen) atoms. The smallest absolute Gasteiger partial charge is 0.270 e. The van der Waals surface area contributed by atoms with Gasteiger partial charge < -0.3 is 14.8 Å². The van der Waals surface area contributed by atoms with Crippen LogP contribution in [0.15, 0.2) is 16.7 Å². The van der Waals surface area contributed by atoms with Crippen molar-refractivity contribution in [1.29, 1.82) is 0 Å². The summed E-state index contributed by atoms with van der Waals surface area (Å²) in [6, 6.07) is 1.81. The lowest BCUT2D eigenvalue weighted by atomic mass is 10.3. The molecule has 0 aromatic carbocycles. The zero-order valence-electron chi connectivity index (χ0n) is 11.0. The monoisotopic (exact) mass is 315 g/mol. The van der Waals surface area contributed by atoms with Crippen molar-refractivity contribution in [3.8, 4) is 0 Å². The molecular weight excluding hydrogens is 298 g/mol. The van der Waals surface area contributed by atoms with E-state index in [9.17, 15) is 9.59 Å². The normalized spacial score (nSPS) is 10.6. The molecule has 5 nitrogen and oxygen atoms in total. The van der Waals surface area contributed by atoms with Gasteiger partial charge in [0.1, 0.15) is 5.69 Å². The van der Waals surface area contributed by atoms with E-state index in [0.29, 0.717) is 5.69 Å². The number of carbonyl (C=O) groups excluding carboxylic acids is 2. The van der Waals surface area contributed by atoms with Gasteiger partial charge in [-0.25, -0.2) is 0 Å². The molecule has 0 bridgehead atoms. The fourth-order valence-electron chi connectivity index (χ4n) is 1.59. The molecule has 1 aromatic rings. The van der Waals surface area contributed by atoms with Gasteiger partial charge in [-0.2, -0.15) is 0 Å². The van der Waals surface area contributed by atoms with Crippen molar-refractivity contribution in [2.45, 2.75) is 19.9 Å². The number of nitrogens with one attached hydrogen (secondary N) is 1. The standard InChI is InChI=1S/C12H18BrN3O2/c1-8(2)14-11(17)7-16(4)12(18)10-5-9(13)6-15(10)3/h5-6,8H,7H2,1-4H3,(H,14,17). The first-order valence-corrected chi connectivity index (χ1v) is 6.47. The summed E-state index contributed by atoms with van der Waals surface area (Å²) in [5.41, 5.74) is 0.543. The summed E-state index contributed by atoms with van der Waals surface area (Å²) >= 11 is 3.31. The molecule has 0 spiro atoms. The Morgan fingerprint density at radius 3 is 2.56 bits per heavy atom. The van der Waals surface area contributed by atoms with Crippen LogP contribution in [0, 0.1) is 0 Å². The molecule has 0 atom stereocenters. The van der Waals surface area contributed by atoms with E-state index < -0.39 is 0 Å². The highest BCUT2D eigenvalue weighted by Gasteiger charge is 2.18. The van der Waals surface area contributed by atoms with E-state index in [2.05, 4.69) is 21.2 Å². The highest BCUT2D eigenvalue weighted by molar-refractivity contribution is 9.10. The van der Waals surface area contributed by atoms with Crippen molar-refractivity contribution < 1.29 is 9.59 Å². The molecule has 2 amide bonds. The predicted octanol–water partition coefficient (Wildman–Crippen LogP) is 1.38. The number of likely N-dealkylation sites (N-methyl/N-ethyl adjacent to an activating group) is 1. The van der Waals surface area contributed by atoms with E-state index in [1.165, 1.54) is 4.90 Å². The van der Waals surface area contributed by atoms with Crippen molar-refractivity contribution in [1.82, 2.24) is 14.8 Å². The summed E-state index contributed by atoms with van der Waals surface area (Å²) in [6.07, 6.45) is 1.80. The van der Waals surface area contributed by atoms with E-state index in [4.69, 9.17) is 0 Å². The topological polar surface area (TPSA) is 54.3 Å². The molecule has 0 fully saturated rings. The second kappa shape index (κ2) is 6.04. The summed E-state index contributed by atoms with van der Waals surface area (Å²) < 4.78 is 2.57. The lowest BCUT2D eigenvalue weighted by Gasteiger charge is -2.18. The third-order valence-corrected chi connectivity index (χ3v) is 2.80. The number of nitrogens with zero attached hydrogens (tertiary/aromatic N) is 2. The Labute approximate surface area is 115 Å². The first kappa shape index (κ1) is 14.8. The molecule has 0 aliphatic rings. The number of rotatable bonds is 4. The molecule has 0 unspecified atom stereocenters. The van der Waals surface area contributed by atoms with E-state index in [1.54, 1.807) is 30.9 Å². The van der Waals surface area contributed by atoms with E-state index >= 15 is 0 Å². The van der Waals surface area contributed by atoms with Crippen LogP contribution in [0.5, 0.6) is 0 Å². The zero-order chi connectivity index (χ0) is 13.9. The van der Waals surface area contributed by atoms with Crippen LogP contribution >= 0.6 is 15.9 Å². The van der Waals surface area contributed by atoms with Gasteiger partial charge in [-0.3, -0.25) is 9.59 Å². The molecular formula is C12H18BrN3O2. The average molecular weight is 316 g/mol. The number of aromatic nitrogens is 1. The van der Waals surface area contributed by atoms with Gasteiger partial charge in [0.15, 0.2) is 0 Å². The maximum atomic E-state index is 12.1. The van der Waals surface area contributed by atoms with Crippen molar-refractivity contribution in [2.24, 2.45) is 7.05 Å². The number of halogens is 1. The molecule has 0 radical (unpaired) electrons. The maximum absolute atomic E-state index is 12.1. The predicted molar refractivity (Wildman–Crippen MR) is 73.4 cm³/mol. The number of amides is 2. The van der Waals surface area contributed by atoms with Crippen LogP contribution in [0.3, 0.4) is 0 Å². The summed E-state index contributed by atoms with van der Waals surface area (Å²) in [7, 11) is 3.41. The Balaban J connectivity index is 2.67. The fraction of sp³-hybridized carbons (Fsp3) is 0.500. The Kier molecular flexibility index (Phi) is 4.95. The summed E-state index contributed by atoms with van der Waals surface area (Å²) in [5.74, 6) is -0.337. The molecule has 100 valence electrons. The number of hydrogen-bond acceptors (Lipinski definition) is 2. The molecule has 0 saturated heterocycles. The minimum atomic E-state index is -0.179. The highest BCUT2D eigenvalue weighted by atomic mass is 79.9. The molecule has 1 N–H and O–H groups in total. The van der Waals surface area contributed by atoms with Crippen molar-refractivity contribution in [2.75, 3.05) is 13.6 Å². The molecule has 0 aliphatic heterocycles. The van der Waals surface area contributed by atoms with E-state index in [1.807, 2.05) is 13.8 Å². The van der Waals surface area contributed by atoms with Gasteiger partial charge in [0.25, 0.3) is 5.91 Å². The number of carbonyl (C=O) groups is 2. The fourth-order valence-corrected chi connectivity index (χ4v) is 2.11. The third-order valence-electron chi connectivity index (χ3n) is 2.37. The van der Waals surface area contributed by atoms with E-state index in [-0.39, 0.29) is 24.4 Å². The van der Waals surface area contributed by atoms with Crippen LogP contribution < -0.4 is 5.32 Å². The van der Waals surface area contributed by atoms with Gasteiger partial charge in [-0.1, -0.05) is 0 Å². The van der Waals surface area contributed by atoms with Crippen LogP contribution in [-0.4, -0.2) is 40.9 Å². The lowest BCUT2D eigenvalue weighted by molar-refractivity contribution is -0.122. The van der Waals surface area contributed by atoms with Crippen LogP contribution in [0.2, 0.25) is 0 Å². The first-order valence-electron chi connectivity index (χ1n) is 5.68. The zero-order valence-corrected chi connectivity index (χ0v) is 12.6. The Morgan fingerprint density at radius 2 is 2.11 bits per heavy atom. The van der Waals surface area contributed by atoms with Gasteiger partial charge in [0, 0.05) is 30.8 Å². The molecule has 1 heterocycles. The maximum Gasteiger partial charge on any atom is 0.270 e.